The highest BCUT2D eigenvalue weighted by molar-refractivity contribution is 6.00. The smallest absolute Gasteiger partial charge is 0.231 e. The Morgan fingerprint density at radius 2 is 2.00 bits per heavy atom. The van der Waals surface area contributed by atoms with Crippen LogP contribution in [0.15, 0.2) is 18.2 Å². The van der Waals surface area contributed by atoms with Gasteiger partial charge in [-0.2, -0.15) is 0 Å². The van der Waals surface area contributed by atoms with Gasteiger partial charge in [0.15, 0.2) is 17.3 Å². The second-order valence-electron chi connectivity index (χ2n) is 5.89. The highest BCUT2D eigenvalue weighted by Gasteiger charge is 2.24. The Morgan fingerprint density at radius 3 is 2.76 bits per heavy atom. The Morgan fingerprint density at radius 1 is 1.24 bits per heavy atom. The second kappa shape index (κ2) is 6.48. The van der Waals surface area contributed by atoms with E-state index in [2.05, 4.69) is 12.2 Å². The first-order valence-electron chi connectivity index (χ1n) is 7.98. The molecule has 0 saturated heterocycles. The maximum atomic E-state index is 12.7. The molecule has 1 atom stereocenters. The van der Waals surface area contributed by atoms with Crippen molar-refractivity contribution >= 4 is 5.78 Å². The van der Waals surface area contributed by atoms with Crippen molar-refractivity contribution in [2.75, 3.05) is 6.79 Å². The molecule has 0 aromatic heterocycles. The number of hydrogen-bond donors (Lipinski definition) is 1. The van der Waals surface area contributed by atoms with Gasteiger partial charge in [-0.25, -0.2) is 0 Å². The Hall–Kier alpha value is -1.55. The van der Waals surface area contributed by atoms with Crippen molar-refractivity contribution in [3.05, 3.63) is 23.8 Å². The minimum Gasteiger partial charge on any atom is -0.454 e. The molecule has 0 amide bonds. The summed E-state index contributed by atoms with van der Waals surface area (Å²) in [5, 5.41) is 3.55. The number of carbonyl (C=O) groups excluding carboxylic acids is 1. The van der Waals surface area contributed by atoms with Crippen molar-refractivity contribution in [2.45, 2.75) is 57.5 Å². The average molecular weight is 289 g/mol. The molecule has 1 heterocycles. The van der Waals surface area contributed by atoms with E-state index in [0.29, 0.717) is 17.4 Å². The van der Waals surface area contributed by atoms with E-state index in [9.17, 15) is 4.79 Å². The van der Waals surface area contributed by atoms with Gasteiger partial charge in [0.2, 0.25) is 6.79 Å². The highest BCUT2D eigenvalue weighted by Crippen LogP contribution is 2.33. The van der Waals surface area contributed by atoms with Crippen LogP contribution < -0.4 is 14.8 Å². The number of carbonyl (C=O) groups is 1. The molecule has 1 unspecified atom stereocenters. The van der Waals surface area contributed by atoms with Gasteiger partial charge in [-0.1, -0.05) is 26.2 Å². The molecule has 21 heavy (non-hydrogen) atoms. The predicted molar refractivity (Wildman–Crippen MR) is 81.0 cm³/mol. The Labute approximate surface area is 125 Å². The zero-order chi connectivity index (χ0) is 14.7. The molecule has 1 aromatic rings. The SMILES string of the molecule is CCC(NC1CCCCC1)C(=O)c1ccc2c(c1)OCO2. The lowest BCUT2D eigenvalue weighted by Crippen LogP contribution is -2.43. The first-order chi connectivity index (χ1) is 10.3. The van der Waals surface area contributed by atoms with E-state index in [1.54, 1.807) is 6.07 Å². The molecule has 4 heteroatoms. The summed E-state index contributed by atoms with van der Waals surface area (Å²) < 4.78 is 10.7. The van der Waals surface area contributed by atoms with Gasteiger partial charge in [-0.05, 0) is 37.5 Å². The molecule has 3 rings (SSSR count). The van der Waals surface area contributed by atoms with E-state index in [1.807, 2.05) is 12.1 Å². The lowest BCUT2D eigenvalue weighted by atomic mass is 9.93. The van der Waals surface area contributed by atoms with Gasteiger partial charge < -0.3 is 14.8 Å². The number of ketones is 1. The number of benzene rings is 1. The Bertz CT molecular complexity index is 509. The normalized spacial score (nSPS) is 19.5. The molecule has 1 aliphatic carbocycles. The third kappa shape index (κ3) is 3.21. The van der Waals surface area contributed by atoms with E-state index in [1.165, 1.54) is 32.1 Å². The van der Waals surface area contributed by atoms with Gasteiger partial charge in [0.25, 0.3) is 0 Å². The molecular weight excluding hydrogens is 266 g/mol. The third-order valence-electron chi connectivity index (χ3n) is 4.42. The molecule has 1 fully saturated rings. The van der Waals surface area contributed by atoms with Gasteiger partial charge >= 0.3 is 0 Å². The first-order valence-corrected chi connectivity index (χ1v) is 7.98. The van der Waals surface area contributed by atoms with Crippen molar-refractivity contribution < 1.29 is 14.3 Å². The predicted octanol–water partition coefficient (Wildman–Crippen LogP) is 3.30. The van der Waals surface area contributed by atoms with Gasteiger partial charge in [-0.3, -0.25) is 4.79 Å². The minimum atomic E-state index is -0.103. The minimum absolute atomic E-state index is 0.103. The van der Waals surface area contributed by atoms with Crippen molar-refractivity contribution in [2.24, 2.45) is 0 Å². The van der Waals surface area contributed by atoms with Crippen LogP contribution in [0.4, 0.5) is 0 Å². The molecule has 1 aliphatic heterocycles. The van der Waals surface area contributed by atoms with E-state index in [-0.39, 0.29) is 18.6 Å². The number of Topliss-reactive ketones (excluding diaryl/α,β-unsaturated/α-hetero) is 1. The standard InChI is InChI=1S/C17H23NO3/c1-2-14(18-13-6-4-3-5-7-13)17(19)12-8-9-15-16(10-12)21-11-20-15/h8-10,13-14,18H,2-7,11H2,1H3. The van der Waals surface area contributed by atoms with E-state index in [0.717, 1.165) is 12.2 Å². The fraction of sp³-hybridized carbons (Fsp3) is 0.588. The second-order valence-corrected chi connectivity index (χ2v) is 5.89. The molecule has 0 spiro atoms. The molecule has 4 nitrogen and oxygen atoms in total. The van der Waals surface area contributed by atoms with Gasteiger partial charge in [0.05, 0.1) is 6.04 Å². The van der Waals surface area contributed by atoms with Crippen LogP contribution in [0.25, 0.3) is 0 Å². The Balaban J connectivity index is 1.69. The molecular formula is C17H23NO3. The first kappa shape index (κ1) is 14.4. The summed E-state index contributed by atoms with van der Waals surface area (Å²) >= 11 is 0. The number of nitrogens with one attached hydrogen (secondary N) is 1. The quantitative estimate of drug-likeness (QED) is 0.845. The summed E-state index contributed by atoms with van der Waals surface area (Å²) in [4.78, 5) is 12.7. The van der Waals surface area contributed by atoms with Crippen molar-refractivity contribution in [1.82, 2.24) is 5.32 Å². The molecule has 2 aliphatic rings. The van der Waals surface area contributed by atoms with Crippen LogP contribution in [0.2, 0.25) is 0 Å². The van der Waals surface area contributed by atoms with Crippen LogP contribution in [0, 0.1) is 0 Å². The summed E-state index contributed by atoms with van der Waals surface area (Å²) in [5.41, 5.74) is 0.703. The zero-order valence-electron chi connectivity index (χ0n) is 12.6. The van der Waals surface area contributed by atoms with E-state index < -0.39 is 0 Å². The van der Waals surface area contributed by atoms with Crippen molar-refractivity contribution in [3.63, 3.8) is 0 Å². The number of ether oxygens (including phenoxy) is 2. The molecule has 0 radical (unpaired) electrons. The Kier molecular flexibility index (Phi) is 4.44. The monoisotopic (exact) mass is 289 g/mol. The maximum absolute atomic E-state index is 12.7. The molecule has 1 N–H and O–H groups in total. The molecule has 1 aromatic carbocycles. The summed E-state index contributed by atoms with van der Waals surface area (Å²) in [6.45, 7) is 2.30. The number of hydrogen-bond acceptors (Lipinski definition) is 4. The third-order valence-corrected chi connectivity index (χ3v) is 4.42. The topological polar surface area (TPSA) is 47.6 Å². The van der Waals surface area contributed by atoms with Crippen LogP contribution in [0.5, 0.6) is 11.5 Å². The van der Waals surface area contributed by atoms with Crippen molar-refractivity contribution in [1.29, 1.82) is 0 Å². The summed E-state index contributed by atoms with van der Waals surface area (Å²) in [5.74, 6) is 1.55. The summed E-state index contributed by atoms with van der Waals surface area (Å²) in [6, 6.07) is 5.84. The van der Waals surface area contributed by atoms with Crippen LogP contribution in [-0.2, 0) is 0 Å². The molecule has 0 bridgehead atoms. The van der Waals surface area contributed by atoms with Crippen LogP contribution in [-0.4, -0.2) is 24.7 Å². The fourth-order valence-electron chi connectivity index (χ4n) is 3.18. The number of rotatable bonds is 5. The maximum Gasteiger partial charge on any atom is 0.231 e. The van der Waals surface area contributed by atoms with Crippen LogP contribution in [0.3, 0.4) is 0 Å². The highest BCUT2D eigenvalue weighted by atomic mass is 16.7. The summed E-state index contributed by atoms with van der Waals surface area (Å²) in [7, 11) is 0. The van der Waals surface area contributed by atoms with Gasteiger partial charge in [-0.15, -0.1) is 0 Å². The number of fused-ring (bicyclic) bond motifs is 1. The largest absolute Gasteiger partial charge is 0.454 e. The van der Waals surface area contributed by atoms with Crippen LogP contribution >= 0.6 is 0 Å². The van der Waals surface area contributed by atoms with Gasteiger partial charge in [0.1, 0.15) is 0 Å². The molecule has 114 valence electrons. The van der Waals surface area contributed by atoms with E-state index in [4.69, 9.17) is 9.47 Å². The van der Waals surface area contributed by atoms with Gasteiger partial charge in [0, 0.05) is 11.6 Å². The van der Waals surface area contributed by atoms with E-state index >= 15 is 0 Å². The average Bonchev–Trinajstić information content (AvgIpc) is 3.00. The lowest BCUT2D eigenvalue weighted by molar-refractivity contribution is 0.0928. The van der Waals surface area contributed by atoms with Crippen molar-refractivity contribution in [3.8, 4) is 11.5 Å². The molecule has 1 saturated carbocycles. The lowest BCUT2D eigenvalue weighted by Gasteiger charge is -2.27. The zero-order valence-corrected chi connectivity index (χ0v) is 12.6. The summed E-state index contributed by atoms with van der Waals surface area (Å²) in [6.07, 6.45) is 7.04. The fourth-order valence-corrected chi connectivity index (χ4v) is 3.18. The van der Waals surface area contributed by atoms with Crippen LogP contribution in [0.1, 0.15) is 55.8 Å².